The molecule has 112 valence electrons. The number of nitrogens with zero attached hydrogens (tertiary/aromatic N) is 2. The summed E-state index contributed by atoms with van der Waals surface area (Å²) in [6.45, 7) is 2.46. The van der Waals surface area contributed by atoms with Crippen molar-refractivity contribution in [3.63, 3.8) is 0 Å². The first kappa shape index (κ1) is 15.3. The van der Waals surface area contributed by atoms with Gasteiger partial charge in [-0.1, -0.05) is 17.7 Å². The number of carboxylic acids is 1. The van der Waals surface area contributed by atoms with Crippen molar-refractivity contribution < 1.29 is 9.90 Å². The summed E-state index contributed by atoms with van der Waals surface area (Å²) >= 11 is 8.51. The molecule has 3 rings (SSSR count). The number of aromatic nitrogens is 2. The van der Waals surface area contributed by atoms with Crippen molar-refractivity contribution in [2.24, 2.45) is 0 Å². The number of aromatic carboxylic acids is 1. The third-order valence-electron chi connectivity index (χ3n) is 3.53. The molecule has 1 aromatic heterocycles. The standard InChI is InChI=1S/C16H12ClIN2O2/c1-9-19-14-5-3-10(16(21)22)6-15(14)20(9)8-11-2-4-12(18)7-13(11)17/h2-7H,8H2,1H3,(H,21,22). The van der Waals surface area contributed by atoms with Crippen molar-refractivity contribution in [2.75, 3.05) is 0 Å². The Hall–Kier alpha value is -1.60. The Labute approximate surface area is 145 Å². The third kappa shape index (κ3) is 2.83. The summed E-state index contributed by atoms with van der Waals surface area (Å²) in [4.78, 5) is 15.6. The molecule has 2 aromatic carbocycles. The first-order chi connectivity index (χ1) is 10.5. The van der Waals surface area contributed by atoms with E-state index in [4.69, 9.17) is 16.7 Å². The number of carbonyl (C=O) groups is 1. The monoisotopic (exact) mass is 426 g/mol. The summed E-state index contributed by atoms with van der Waals surface area (Å²) < 4.78 is 3.06. The van der Waals surface area contributed by atoms with Gasteiger partial charge in [0, 0.05) is 8.59 Å². The molecule has 0 spiro atoms. The van der Waals surface area contributed by atoms with Crippen LogP contribution in [-0.2, 0) is 6.54 Å². The summed E-state index contributed by atoms with van der Waals surface area (Å²) in [5, 5.41) is 9.85. The third-order valence-corrected chi connectivity index (χ3v) is 4.55. The molecule has 0 aliphatic heterocycles. The van der Waals surface area contributed by atoms with Crippen LogP contribution in [0.15, 0.2) is 36.4 Å². The van der Waals surface area contributed by atoms with Crippen LogP contribution in [0.5, 0.6) is 0 Å². The number of halogens is 2. The molecule has 0 aliphatic rings. The van der Waals surface area contributed by atoms with Gasteiger partial charge in [-0.2, -0.15) is 0 Å². The van der Waals surface area contributed by atoms with Gasteiger partial charge in [0.25, 0.3) is 0 Å². The van der Waals surface area contributed by atoms with Crippen molar-refractivity contribution >= 4 is 51.2 Å². The highest BCUT2D eigenvalue weighted by atomic mass is 127. The van der Waals surface area contributed by atoms with E-state index < -0.39 is 5.97 Å². The number of benzene rings is 2. The van der Waals surface area contributed by atoms with Gasteiger partial charge in [0.15, 0.2) is 0 Å². The van der Waals surface area contributed by atoms with E-state index in [-0.39, 0.29) is 5.56 Å². The average Bonchev–Trinajstić information content (AvgIpc) is 2.77. The number of hydrogen-bond acceptors (Lipinski definition) is 2. The second-order valence-electron chi connectivity index (χ2n) is 4.99. The van der Waals surface area contributed by atoms with E-state index in [1.807, 2.05) is 29.7 Å². The first-order valence-electron chi connectivity index (χ1n) is 6.60. The smallest absolute Gasteiger partial charge is 0.335 e. The first-order valence-corrected chi connectivity index (χ1v) is 8.05. The molecule has 3 aromatic rings. The Morgan fingerprint density at radius 3 is 2.77 bits per heavy atom. The lowest BCUT2D eigenvalue weighted by Gasteiger charge is -2.09. The van der Waals surface area contributed by atoms with Crippen LogP contribution in [0.4, 0.5) is 0 Å². The molecule has 0 radical (unpaired) electrons. The van der Waals surface area contributed by atoms with Gasteiger partial charge in [0.1, 0.15) is 5.82 Å². The molecular weight excluding hydrogens is 415 g/mol. The molecule has 0 saturated carbocycles. The maximum atomic E-state index is 11.2. The average molecular weight is 427 g/mol. The Morgan fingerprint density at radius 2 is 2.09 bits per heavy atom. The van der Waals surface area contributed by atoms with Gasteiger partial charge < -0.3 is 9.67 Å². The second kappa shape index (κ2) is 5.89. The molecule has 4 nitrogen and oxygen atoms in total. The summed E-state index contributed by atoms with van der Waals surface area (Å²) in [7, 11) is 0. The van der Waals surface area contributed by atoms with Crippen LogP contribution in [0.25, 0.3) is 11.0 Å². The van der Waals surface area contributed by atoms with E-state index in [0.717, 1.165) is 26.0 Å². The Balaban J connectivity index is 2.11. The fourth-order valence-electron chi connectivity index (χ4n) is 2.40. The van der Waals surface area contributed by atoms with Gasteiger partial charge in [-0.15, -0.1) is 0 Å². The second-order valence-corrected chi connectivity index (χ2v) is 6.64. The molecule has 0 saturated heterocycles. The molecule has 0 bridgehead atoms. The maximum absolute atomic E-state index is 11.2. The molecule has 6 heteroatoms. The Kier molecular flexibility index (Phi) is 4.10. The number of aryl methyl sites for hydroxylation is 1. The lowest BCUT2D eigenvalue weighted by molar-refractivity contribution is 0.0697. The largest absolute Gasteiger partial charge is 0.478 e. The molecule has 0 aliphatic carbocycles. The topological polar surface area (TPSA) is 55.1 Å². The number of fused-ring (bicyclic) bond motifs is 1. The van der Waals surface area contributed by atoms with E-state index in [0.29, 0.717) is 11.6 Å². The minimum absolute atomic E-state index is 0.252. The lowest BCUT2D eigenvalue weighted by Crippen LogP contribution is -2.04. The van der Waals surface area contributed by atoms with Crippen LogP contribution >= 0.6 is 34.2 Å². The highest BCUT2D eigenvalue weighted by Gasteiger charge is 2.12. The molecule has 0 atom stereocenters. The Bertz CT molecular complexity index is 889. The van der Waals surface area contributed by atoms with E-state index in [9.17, 15) is 4.79 Å². The normalized spacial score (nSPS) is 11.0. The molecule has 0 fully saturated rings. The SMILES string of the molecule is Cc1nc2ccc(C(=O)O)cc2n1Cc1ccc(I)cc1Cl. The summed E-state index contributed by atoms with van der Waals surface area (Å²) in [5.74, 6) is -0.119. The van der Waals surface area contributed by atoms with E-state index in [2.05, 4.69) is 27.6 Å². The van der Waals surface area contributed by atoms with Gasteiger partial charge in [0.2, 0.25) is 0 Å². The highest BCUT2D eigenvalue weighted by Crippen LogP contribution is 2.24. The van der Waals surface area contributed by atoms with E-state index in [1.54, 1.807) is 18.2 Å². The quantitative estimate of drug-likeness (QED) is 0.634. The minimum atomic E-state index is -0.945. The van der Waals surface area contributed by atoms with Crippen LogP contribution in [-0.4, -0.2) is 20.6 Å². The van der Waals surface area contributed by atoms with Crippen LogP contribution < -0.4 is 0 Å². The van der Waals surface area contributed by atoms with Crippen LogP contribution in [0.2, 0.25) is 5.02 Å². The fourth-order valence-corrected chi connectivity index (χ4v) is 3.31. The minimum Gasteiger partial charge on any atom is -0.478 e. The maximum Gasteiger partial charge on any atom is 0.335 e. The van der Waals surface area contributed by atoms with Crippen molar-refractivity contribution in [3.05, 3.63) is 61.9 Å². The van der Waals surface area contributed by atoms with Gasteiger partial charge in [-0.25, -0.2) is 9.78 Å². The Morgan fingerprint density at radius 1 is 1.32 bits per heavy atom. The number of carboxylic acid groups (broad SMARTS) is 1. The zero-order chi connectivity index (χ0) is 15.9. The molecule has 1 heterocycles. The molecule has 0 unspecified atom stereocenters. The van der Waals surface area contributed by atoms with Crippen LogP contribution in [0, 0.1) is 10.5 Å². The van der Waals surface area contributed by atoms with Gasteiger partial charge in [-0.3, -0.25) is 0 Å². The predicted octanol–water partition coefficient (Wildman–Crippen LogP) is 4.35. The number of rotatable bonds is 3. The molecular formula is C16H12ClIN2O2. The van der Waals surface area contributed by atoms with Crippen molar-refractivity contribution in [2.45, 2.75) is 13.5 Å². The van der Waals surface area contributed by atoms with Crippen LogP contribution in [0.1, 0.15) is 21.7 Å². The van der Waals surface area contributed by atoms with Gasteiger partial charge in [0.05, 0.1) is 23.1 Å². The van der Waals surface area contributed by atoms with E-state index >= 15 is 0 Å². The van der Waals surface area contributed by atoms with E-state index in [1.165, 1.54) is 0 Å². The van der Waals surface area contributed by atoms with Crippen molar-refractivity contribution in [1.82, 2.24) is 9.55 Å². The zero-order valence-electron chi connectivity index (χ0n) is 11.7. The molecule has 0 amide bonds. The number of hydrogen-bond donors (Lipinski definition) is 1. The molecule has 1 N–H and O–H groups in total. The lowest BCUT2D eigenvalue weighted by atomic mass is 10.2. The van der Waals surface area contributed by atoms with Crippen molar-refractivity contribution in [1.29, 1.82) is 0 Å². The van der Waals surface area contributed by atoms with Crippen LogP contribution in [0.3, 0.4) is 0 Å². The van der Waals surface area contributed by atoms with Gasteiger partial charge >= 0.3 is 5.97 Å². The summed E-state index contributed by atoms with van der Waals surface area (Å²) in [6.07, 6.45) is 0. The summed E-state index contributed by atoms with van der Waals surface area (Å²) in [5.41, 5.74) is 2.81. The van der Waals surface area contributed by atoms with Crippen molar-refractivity contribution in [3.8, 4) is 0 Å². The predicted molar refractivity (Wildman–Crippen MR) is 94.7 cm³/mol. The fraction of sp³-hybridized carbons (Fsp3) is 0.125. The molecule has 22 heavy (non-hydrogen) atoms. The summed E-state index contributed by atoms with van der Waals surface area (Å²) in [6, 6.07) is 10.8. The van der Waals surface area contributed by atoms with Gasteiger partial charge in [-0.05, 0) is 65.4 Å². The highest BCUT2D eigenvalue weighted by molar-refractivity contribution is 14.1. The number of imidazole rings is 1. The zero-order valence-corrected chi connectivity index (χ0v) is 14.6.